The monoisotopic (exact) mass is 400 g/mol. The number of nitrogens with zero attached hydrogens (tertiary/aromatic N) is 3. The molecule has 25 heavy (non-hydrogen) atoms. The highest BCUT2D eigenvalue weighted by molar-refractivity contribution is 9.10. The van der Waals surface area contributed by atoms with E-state index in [1.165, 1.54) is 4.68 Å². The largest absolute Gasteiger partial charge is 0.489 e. The third-order valence-electron chi connectivity index (χ3n) is 3.61. The lowest BCUT2D eigenvalue weighted by atomic mass is 10.2. The summed E-state index contributed by atoms with van der Waals surface area (Å²) in [5.74, 6) is 0.795. The number of rotatable bonds is 6. The van der Waals surface area contributed by atoms with Crippen molar-refractivity contribution in [3.63, 3.8) is 0 Å². The number of pyridine rings is 1. The highest BCUT2D eigenvalue weighted by atomic mass is 79.9. The molecule has 6 nitrogen and oxygen atoms in total. The van der Waals surface area contributed by atoms with E-state index in [4.69, 9.17) is 4.74 Å². The first-order valence-electron chi connectivity index (χ1n) is 7.70. The molecule has 128 valence electrons. The van der Waals surface area contributed by atoms with E-state index in [0.29, 0.717) is 23.3 Å². The van der Waals surface area contributed by atoms with Crippen molar-refractivity contribution in [3.05, 3.63) is 80.9 Å². The molecule has 0 spiro atoms. The van der Waals surface area contributed by atoms with Crippen molar-refractivity contribution in [3.8, 4) is 5.75 Å². The van der Waals surface area contributed by atoms with Crippen molar-refractivity contribution in [2.45, 2.75) is 13.2 Å². The minimum absolute atomic E-state index is 0.177. The third-order valence-corrected chi connectivity index (χ3v) is 4.38. The number of anilines is 1. The first-order chi connectivity index (χ1) is 12.1. The molecule has 0 saturated heterocycles. The summed E-state index contributed by atoms with van der Waals surface area (Å²) >= 11 is 3.30. The molecule has 0 radical (unpaired) electrons. The molecule has 0 aliphatic carbocycles. The molecule has 0 saturated carbocycles. The third kappa shape index (κ3) is 4.45. The normalized spacial score (nSPS) is 10.5. The van der Waals surface area contributed by atoms with Crippen LogP contribution in [0, 0.1) is 0 Å². The Morgan fingerprint density at radius 3 is 2.68 bits per heavy atom. The summed E-state index contributed by atoms with van der Waals surface area (Å²) in [5.41, 5.74) is 2.58. The molecule has 0 bridgehead atoms. The molecule has 0 aliphatic heterocycles. The second-order valence-corrected chi connectivity index (χ2v) is 6.24. The molecular formula is C18H17BrN4O2. The first kappa shape index (κ1) is 17.2. The average Bonchev–Trinajstić information content (AvgIpc) is 2.66. The van der Waals surface area contributed by atoms with E-state index >= 15 is 0 Å². The van der Waals surface area contributed by atoms with Crippen LogP contribution < -0.4 is 15.6 Å². The molecule has 2 aromatic heterocycles. The quantitative estimate of drug-likeness (QED) is 0.688. The van der Waals surface area contributed by atoms with Crippen LogP contribution in [0.4, 0.5) is 5.69 Å². The zero-order valence-corrected chi connectivity index (χ0v) is 15.2. The standard InChI is InChI=1S/C18H17BrN4O2/c1-23-18(24)17(19)16(11-22-23)21-10-13-4-6-15(7-5-13)25-12-14-3-2-8-20-9-14/h2-9,11,21H,10,12H2,1H3. The van der Waals surface area contributed by atoms with Gasteiger partial charge in [0.15, 0.2) is 0 Å². The Bertz CT molecular complexity index is 895. The van der Waals surface area contributed by atoms with Gasteiger partial charge in [0, 0.05) is 31.5 Å². The predicted molar refractivity (Wildman–Crippen MR) is 99.5 cm³/mol. The van der Waals surface area contributed by atoms with E-state index in [1.807, 2.05) is 36.4 Å². The number of aryl methyl sites for hydroxylation is 1. The lowest BCUT2D eigenvalue weighted by Crippen LogP contribution is -2.21. The summed E-state index contributed by atoms with van der Waals surface area (Å²) in [6.45, 7) is 1.06. The van der Waals surface area contributed by atoms with Gasteiger partial charge in [-0.05, 0) is 39.7 Å². The molecular weight excluding hydrogens is 384 g/mol. The first-order valence-corrected chi connectivity index (χ1v) is 8.49. The van der Waals surface area contributed by atoms with E-state index in [1.54, 1.807) is 25.6 Å². The van der Waals surface area contributed by atoms with E-state index in [-0.39, 0.29) is 5.56 Å². The number of nitrogens with one attached hydrogen (secondary N) is 1. The maximum atomic E-state index is 11.8. The number of halogens is 1. The molecule has 0 aliphatic rings. The van der Waals surface area contributed by atoms with Crippen LogP contribution in [0.25, 0.3) is 0 Å². The molecule has 0 unspecified atom stereocenters. The number of hydrogen-bond acceptors (Lipinski definition) is 5. The van der Waals surface area contributed by atoms with Crippen molar-refractivity contribution in [1.29, 1.82) is 0 Å². The second-order valence-electron chi connectivity index (χ2n) is 5.45. The predicted octanol–water partition coefficient (Wildman–Crippen LogP) is 3.13. The topological polar surface area (TPSA) is 69.0 Å². The minimum atomic E-state index is -0.177. The fraction of sp³-hybridized carbons (Fsp3) is 0.167. The zero-order valence-electron chi connectivity index (χ0n) is 13.6. The number of benzene rings is 1. The van der Waals surface area contributed by atoms with Gasteiger partial charge < -0.3 is 10.1 Å². The summed E-state index contributed by atoms with van der Waals surface area (Å²) in [4.78, 5) is 15.9. The van der Waals surface area contributed by atoms with Gasteiger partial charge in [-0.1, -0.05) is 18.2 Å². The van der Waals surface area contributed by atoms with Crippen LogP contribution in [-0.2, 0) is 20.2 Å². The highest BCUT2D eigenvalue weighted by Crippen LogP contribution is 2.18. The fourth-order valence-electron chi connectivity index (χ4n) is 2.18. The fourth-order valence-corrected chi connectivity index (χ4v) is 2.68. The molecule has 7 heteroatoms. The van der Waals surface area contributed by atoms with Crippen molar-refractivity contribution < 1.29 is 4.74 Å². The van der Waals surface area contributed by atoms with Crippen LogP contribution in [-0.4, -0.2) is 14.8 Å². The van der Waals surface area contributed by atoms with Gasteiger partial charge in [0.2, 0.25) is 0 Å². The van der Waals surface area contributed by atoms with Crippen molar-refractivity contribution in [2.75, 3.05) is 5.32 Å². The van der Waals surface area contributed by atoms with Crippen LogP contribution in [0.15, 0.2) is 64.3 Å². The Labute approximate surface area is 153 Å². The summed E-state index contributed by atoms with van der Waals surface area (Å²) in [5, 5.41) is 7.21. The maximum Gasteiger partial charge on any atom is 0.282 e. The Hall–Kier alpha value is -2.67. The van der Waals surface area contributed by atoms with Gasteiger partial charge in [0.05, 0.1) is 11.9 Å². The molecule has 1 N–H and O–H groups in total. The minimum Gasteiger partial charge on any atom is -0.489 e. The van der Waals surface area contributed by atoms with Crippen LogP contribution in [0.3, 0.4) is 0 Å². The van der Waals surface area contributed by atoms with Crippen LogP contribution in [0.5, 0.6) is 5.75 Å². The van der Waals surface area contributed by atoms with Gasteiger partial charge in [-0.2, -0.15) is 5.10 Å². The van der Waals surface area contributed by atoms with E-state index in [0.717, 1.165) is 16.9 Å². The van der Waals surface area contributed by atoms with Gasteiger partial charge in [0.1, 0.15) is 16.8 Å². The van der Waals surface area contributed by atoms with Crippen molar-refractivity contribution in [1.82, 2.24) is 14.8 Å². The maximum absolute atomic E-state index is 11.8. The Balaban J connectivity index is 1.58. The van der Waals surface area contributed by atoms with E-state index in [9.17, 15) is 4.79 Å². The van der Waals surface area contributed by atoms with Gasteiger partial charge >= 0.3 is 0 Å². The average molecular weight is 401 g/mol. The SMILES string of the molecule is Cn1ncc(NCc2ccc(OCc3cccnc3)cc2)c(Br)c1=O. The van der Waals surface area contributed by atoms with Crippen molar-refractivity contribution in [2.24, 2.45) is 7.05 Å². The molecule has 2 heterocycles. The summed E-state index contributed by atoms with van der Waals surface area (Å²) in [7, 11) is 1.61. The highest BCUT2D eigenvalue weighted by Gasteiger charge is 2.06. The molecule has 0 atom stereocenters. The molecule has 3 aromatic rings. The Kier molecular flexibility index (Phi) is 5.45. The van der Waals surface area contributed by atoms with Crippen molar-refractivity contribution >= 4 is 21.6 Å². The molecule has 0 fully saturated rings. The Morgan fingerprint density at radius 2 is 1.96 bits per heavy atom. The smallest absolute Gasteiger partial charge is 0.282 e. The van der Waals surface area contributed by atoms with E-state index < -0.39 is 0 Å². The number of ether oxygens (including phenoxy) is 1. The number of aromatic nitrogens is 3. The Morgan fingerprint density at radius 1 is 1.16 bits per heavy atom. The van der Waals surface area contributed by atoms with Gasteiger partial charge in [-0.3, -0.25) is 9.78 Å². The van der Waals surface area contributed by atoms with Crippen LogP contribution in [0.1, 0.15) is 11.1 Å². The summed E-state index contributed by atoms with van der Waals surface area (Å²) in [6, 6.07) is 11.7. The lowest BCUT2D eigenvalue weighted by Gasteiger charge is -2.10. The molecule has 1 aromatic carbocycles. The zero-order chi connectivity index (χ0) is 17.6. The van der Waals surface area contributed by atoms with Gasteiger partial charge in [-0.15, -0.1) is 0 Å². The molecule has 0 amide bonds. The van der Waals surface area contributed by atoms with Crippen LogP contribution in [0.2, 0.25) is 0 Å². The number of hydrogen-bond donors (Lipinski definition) is 1. The van der Waals surface area contributed by atoms with Crippen LogP contribution >= 0.6 is 15.9 Å². The summed E-state index contributed by atoms with van der Waals surface area (Å²) in [6.07, 6.45) is 5.15. The lowest BCUT2D eigenvalue weighted by molar-refractivity contribution is 0.305. The van der Waals surface area contributed by atoms with E-state index in [2.05, 4.69) is 31.3 Å². The summed E-state index contributed by atoms with van der Waals surface area (Å²) < 4.78 is 7.49. The van der Waals surface area contributed by atoms with Gasteiger partial charge in [-0.25, -0.2) is 4.68 Å². The second kappa shape index (κ2) is 7.94. The molecule has 3 rings (SSSR count). The van der Waals surface area contributed by atoms with Gasteiger partial charge in [0.25, 0.3) is 5.56 Å².